The van der Waals surface area contributed by atoms with Crippen molar-refractivity contribution in [2.45, 2.75) is 49.6 Å². The minimum Gasteiger partial charge on any atom is -0.464 e. The van der Waals surface area contributed by atoms with Gasteiger partial charge in [0.1, 0.15) is 0 Å². The monoisotopic (exact) mass is 602 g/mol. The summed E-state index contributed by atoms with van der Waals surface area (Å²) in [6.07, 6.45) is 2.95. The van der Waals surface area contributed by atoms with Crippen LogP contribution in [0.3, 0.4) is 0 Å². The second kappa shape index (κ2) is 14.5. The number of rotatable bonds is 11. The van der Waals surface area contributed by atoms with E-state index < -0.39 is 15.9 Å². The van der Waals surface area contributed by atoms with Gasteiger partial charge in [0.15, 0.2) is 9.84 Å². The van der Waals surface area contributed by atoms with Crippen LogP contribution in [0, 0.1) is 0 Å². The number of likely N-dealkylation sites (N-methyl/N-ethyl adjacent to an activating group) is 1. The molecule has 2 aliphatic heterocycles. The van der Waals surface area contributed by atoms with Crippen LogP contribution in [-0.2, 0) is 21.1 Å². The number of amides is 2. The van der Waals surface area contributed by atoms with E-state index in [2.05, 4.69) is 4.90 Å². The van der Waals surface area contributed by atoms with Crippen molar-refractivity contribution in [3.05, 3.63) is 65.7 Å². The predicted octanol–water partition coefficient (Wildman–Crippen LogP) is 4.02. The van der Waals surface area contributed by atoms with Gasteiger partial charge in [-0.2, -0.15) is 11.8 Å². The maximum atomic E-state index is 13.2. The van der Waals surface area contributed by atoms with Crippen molar-refractivity contribution in [1.82, 2.24) is 19.8 Å². The summed E-state index contributed by atoms with van der Waals surface area (Å²) in [4.78, 5) is 30.3. The fourth-order valence-corrected chi connectivity index (χ4v) is 7.37. The number of hydrogen-bond donors (Lipinski definition) is 1. The molecule has 2 fully saturated rings. The number of thioether (sulfide) groups is 1. The van der Waals surface area contributed by atoms with Gasteiger partial charge in [-0.15, -0.1) is 0 Å². The largest absolute Gasteiger partial charge is 0.464 e. The molecule has 0 spiro atoms. The molecule has 2 aromatic rings. The second-order valence-electron chi connectivity index (χ2n) is 10.8. The van der Waals surface area contributed by atoms with Gasteiger partial charge in [0.2, 0.25) is 5.91 Å². The lowest BCUT2D eigenvalue weighted by Gasteiger charge is -2.42. The van der Waals surface area contributed by atoms with Crippen molar-refractivity contribution < 1.29 is 23.1 Å². The van der Waals surface area contributed by atoms with E-state index in [9.17, 15) is 23.1 Å². The molecular weight excluding hydrogens is 560 g/mol. The van der Waals surface area contributed by atoms with Crippen LogP contribution in [0.2, 0.25) is 0 Å². The van der Waals surface area contributed by atoms with Gasteiger partial charge in [-0.25, -0.2) is 23.2 Å². The molecule has 0 aromatic heterocycles. The Bertz CT molecular complexity index is 1250. The lowest BCUT2D eigenvalue weighted by molar-refractivity contribution is -0.133. The normalized spacial score (nSPS) is 18.1. The molecule has 9 nitrogen and oxygen atoms in total. The first-order chi connectivity index (χ1) is 19.7. The fourth-order valence-electron chi connectivity index (χ4n) is 5.85. The Kier molecular flexibility index (Phi) is 11.1. The topological polar surface area (TPSA) is 101 Å². The number of hydrazine groups is 1. The SMILES string of the molecule is CCN(C(=O)Cc1ccc(S(C)(=O)=O)cc1)C1CCN(CCC(c2ccccc2)N(C(=O)O)N2CCSCC2)CC1. The summed E-state index contributed by atoms with van der Waals surface area (Å²) in [6.45, 7) is 6.58. The van der Waals surface area contributed by atoms with Gasteiger partial charge >= 0.3 is 6.09 Å². The van der Waals surface area contributed by atoms with Gasteiger partial charge < -0.3 is 14.9 Å². The maximum Gasteiger partial charge on any atom is 0.422 e. The van der Waals surface area contributed by atoms with Gasteiger partial charge in [-0.3, -0.25) is 4.79 Å². The van der Waals surface area contributed by atoms with Crippen molar-refractivity contribution in [1.29, 1.82) is 0 Å². The molecule has 1 atom stereocenters. The highest BCUT2D eigenvalue weighted by Gasteiger charge is 2.33. The molecule has 2 saturated heterocycles. The molecule has 2 amide bonds. The van der Waals surface area contributed by atoms with E-state index >= 15 is 0 Å². The van der Waals surface area contributed by atoms with E-state index in [0.717, 1.165) is 68.2 Å². The van der Waals surface area contributed by atoms with E-state index in [1.54, 1.807) is 29.3 Å². The number of carbonyl (C=O) groups is 2. The van der Waals surface area contributed by atoms with Crippen LogP contribution >= 0.6 is 11.8 Å². The second-order valence-corrected chi connectivity index (χ2v) is 14.0. The van der Waals surface area contributed by atoms with E-state index in [1.807, 2.05) is 58.9 Å². The zero-order valence-electron chi connectivity index (χ0n) is 24.0. The molecule has 11 heteroatoms. The molecule has 0 aliphatic carbocycles. The van der Waals surface area contributed by atoms with E-state index in [1.165, 1.54) is 6.26 Å². The molecule has 0 bridgehead atoms. The summed E-state index contributed by atoms with van der Waals surface area (Å²) in [5.74, 6) is 1.91. The highest BCUT2D eigenvalue weighted by atomic mass is 32.2. The number of hydrogen-bond acceptors (Lipinski definition) is 7. The van der Waals surface area contributed by atoms with Crippen LogP contribution in [0.25, 0.3) is 0 Å². The molecule has 4 rings (SSSR count). The molecular formula is C30H42N4O5S2. The fraction of sp³-hybridized carbons (Fsp3) is 0.533. The third kappa shape index (κ3) is 8.47. The van der Waals surface area contributed by atoms with Gasteiger partial charge in [0, 0.05) is 63.1 Å². The van der Waals surface area contributed by atoms with E-state index in [4.69, 9.17) is 0 Å². The molecule has 2 aromatic carbocycles. The van der Waals surface area contributed by atoms with Crippen LogP contribution in [-0.4, -0.2) is 108 Å². The van der Waals surface area contributed by atoms with Crippen LogP contribution < -0.4 is 0 Å². The van der Waals surface area contributed by atoms with Gasteiger partial charge in [-0.1, -0.05) is 42.5 Å². The van der Waals surface area contributed by atoms with E-state index in [0.29, 0.717) is 13.0 Å². The third-order valence-electron chi connectivity index (χ3n) is 8.05. The molecule has 1 N–H and O–H groups in total. The minimum atomic E-state index is -3.27. The molecule has 0 radical (unpaired) electrons. The molecule has 0 saturated carbocycles. The average molecular weight is 603 g/mol. The third-order valence-corrected chi connectivity index (χ3v) is 10.1. The lowest BCUT2D eigenvalue weighted by Crippen LogP contribution is -2.52. The number of nitrogens with zero attached hydrogens (tertiary/aromatic N) is 4. The number of carboxylic acid groups (broad SMARTS) is 1. The van der Waals surface area contributed by atoms with Crippen LogP contribution in [0.5, 0.6) is 0 Å². The lowest BCUT2D eigenvalue weighted by atomic mass is 9.99. The maximum absolute atomic E-state index is 13.2. The quantitative estimate of drug-likeness (QED) is 0.412. The minimum absolute atomic E-state index is 0.0546. The zero-order chi connectivity index (χ0) is 29.4. The van der Waals surface area contributed by atoms with Gasteiger partial charge in [0.05, 0.1) is 17.4 Å². The summed E-state index contributed by atoms with van der Waals surface area (Å²) in [5, 5.41) is 13.8. The first kappa shape index (κ1) is 31.3. The summed E-state index contributed by atoms with van der Waals surface area (Å²) in [6, 6.07) is 16.4. The Morgan fingerprint density at radius 1 is 1.00 bits per heavy atom. The smallest absolute Gasteiger partial charge is 0.422 e. The van der Waals surface area contributed by atoms with Crippen LogP contribution in [0.1, 0.15) is 43.4 Å². The summed E-state index contributed by atoms with van der Waals surface area (Å²) < 4.78 is 23.5. The number of piperidine rings is 1. The molecule has 41 heavy (non-hydrogen) atoms. The van der Waals surface area contributed by atoms with Crippen molar-refractivity contribution in [3.63, 3.8) is 0 Å². The van der Waals surface area contributed by atoms with Gasteiger partial charge in [-0.05, 0) is 49.4 Å². The summed E-state index contributed by atoms with van der Waals surface area (Å²) >= 11 is 1.86. The number of carbonyl (C=O) groups excluding carboxylic acids is 1. The Morgan fingerprint density at radius 3 is 2.20 bits per heavy atom. The molecule has 1 unspecified atom stereocenters. The van der Waals surface area contributed by atoms with Crippen molar-refractivity contribution >= 4 is 33.6 Å². The summed E-state index contributed by atoms with van der Waals surface area (Å²) in [5.41, 5.74) is 1.82. The zero-order valence-corrected chi connectivity index (χ0v) is 25.7. The van der Waals surface area contributed by atoms with Gasteiger partial charge in [0.25, 0.3) is 0 Å². The Labute approximate surface area is 248 Å². The first-order valence-corrected chi connectivity index (χ1v) is 17.4. The highest BCUT2D eigenvalue weighted by molar-refractivity contribution is 7.99. The molecule has 2 aliphatic rings. The molecule has 2 heterocycles. The Balaban J connectivity index is 1.34. The average Bonchev–Trinajstić information content (AvgIpc) is 2.97. The van der Waals surface area contributed by atoms with Crippen molar-refractivity contribution in [3.8, 4) is 0 Å². The summed E-state index contributed by atoms with van der Waals surface area (Å²) in [7, 11) is -3.27. The highest BCUT2D eigenvalue weighted by Crippen LogP contribution is 2.29. The molecule has 224 valence electrons. The Morgan fingerprint density at radius 2 is 1.63 bits per heavy atom. The Hall–Kier alpha value is -2.60. The standard InChI is InChI=1S/C30H42N4O5S2/c1-3-33(29(35)23-24-9-11-27(12-10-24)41(2,38)39)26-13-16-31(17-14-26)18-15-28(25-7-5-4-6-8-25)34(30(36)37)32-19-21-40-22-20-32/h4-12,26,28H,3,13-23H2,1-2H3,(H,36,37). The van der Waals surface area contributed by atoms with Crippen molar-refractivity contribution in [2.24, 2.45) is 0 Å². The van der Waals surface area contributed by atoms with Crippen LogP contribution in [0.4, 0.5) is 4.79 Å². The number of likely N-dealkylation sites (tertiary alicyclic amines) is 1. The number of benzene rings is 2. The van der Waals surface area contributed by atoms with E-state index in [-0.39, 0.29) is 29.3 Å². The number of sulfone groups is 1. The predicted molar refractivity (Wildman–Crippen MR) is 163 cm³/mol. The first-order valence-electron chi connectivity index (χ1n) is 14.4. The van der Waals surface area contributed by atoms with Crippen molar-refractivity contribution in [2.75, 3.05) is 57.0 Å². The van der Waals surface area contributed by atoms with Crippen LogP contribution in [0.15, 0.2) is 59.5 Å².